The highest BCUT2D eigenvalue weighted by atomic mass is 32.1. The van der Waals surface area contributed by atoms with Crippen LogP contribution < -0.4 is 5.32 Å². The molecule has 18 heavy (non-hydrogen) atoms. The summed E-state index contributed by atoms with van der Waals surface area (Å²) < 4.78 is 9.03. The smallest absolute Gasteiger partial charge is 0.413 e. The maximum atomic E-state index is 11.2. The molecule has 0 spiro atoms. The molecule has 6 radical (unpaired) electrons. The Morgan fingerprint density at radius 2 is 1.94 bits per heavy atom. The number of amides is 1. The summed E-state index contributed by atoms with van der Waals surface area (Å²) in [7, 11) is 17.5. The third kappa shape index (κ3) is 5.95. The van der Waals surface area contributed by atoms with E-state index in [-0.39, 0.29) is 11.7 Å². The standard InChI is InChI=1S/C8H11B3N2O4S/c1-3-17-7(15)12-6(18)13(8(9,10)11)4-5(14)16-2/h3-4H2,1-2H3,(H,12,15,18). The van der Waals surface area contributed by atoms with E-state index in [1.807, 2.05) is 0 Å². The van der Waals surface area contributed by atoms with Gasteiger partial charge in [-0.2, -0.15) is 0 Å². The fraction of sp³-hybridized carbons (Fsp3) is 0.625. The molecule has 0 fully saturated rings. The van der Waals surface area contributed by atoms with Crippen molar-refractivity contribution in [2.75, 3.05) is 20.3 Å². The number of ether oxygens (including phenoxy) is 2. The Bertz CT molecular complexity index is 335. The minimum Gasteiger partial charge on any atom is -0.468 e. The molecule has 0 saturated carbocycles. The van der Waals surface area contributed by atoms with Crippen molar-refractivity contribution in [2.24, 2.45) is 0 Å². The molecular formula is C8H11B3N2O4S. The fourth-order valence-corrected chi connectivity index (χ4v) is 1.21. The lowest BCUT2D eigenvalue weighted by atomic mass is 9.48. The van der Waals surface area contributed by atoms with Gasteiger partial charge in [0.15, 0.2) is 5.11 Å². The lowest BCUT2D eigenvalue weighted by Gasteiger charge is -2.38. The van der Waals surface area contributed by atoms with E-state index in [4.69, 9.17) is 35.8 Å². The van der Waals surface area contributed by atoms with Gasteiger partial charge in [0.2, 0.25) is 0 Å². The van der Waals surface area contributed by atoms with Gasteiger partial charge in [-0.25, -0.2) is 4.79 Å². The molecule has 0 heterocycles. The Labute approximate surface area is 115 Å². The average Bonchev–Trinajstić information content (AvgIpc) is 2.23. The molecule has 0 atom stereocenters. The number of methoxy groups -OCH3 is 1. The highest BCUT2D eigenvalue weighted by molar-refractivity contribution is 7.80. The summed E-state index contributed by atoms with van der Waals surface area (Å²) >= 11 is 4.85. The lowest BCUT2D eigenvalue weighted by molar-refractivity contribution is -0.141. The van der Waals surface area contributed by atoms with Crippen LogP contribution in [0.25, 0.3) is 0 Å². The van der Waals surface area contributed by atoms with E-state index in [1.165, 1.54) is 7.11 Å². The van der Waals surface area contributed by atoms with Crippen molar-refractivity contribution in [3.05, 3.63) is 0 Å². The van der Waals surface area contributed by atoms with Crippen LogP contribution in [-0.2, 0) is 14.3 Å². The summed E-state index contributed by atoms with van der Waals surface area (Å²) in [5.41, 5.74) is 0. The van der Waals surface area contributed by atoms with E-state index in [0.717, 1.165) is 4.90 Å². The van der Waals surface area contributed by atoms with Gasteiger partial charge in [-0.15, -0.1) is 0 Å². The topological polar surface area (TPSA) is 67.9 Å². The Morgan fingerprint density at radius 3 is 2.33 bits per heavy atom. The second-order valence-electron chi connectivity index (χ2n) is 3.20. The van der Waals surface area contributed by atoms with Crippen LogP contribution in [0.3, 0.4) is 0 Å². The second-order valence-corrected chi connectivity index (χ2v) is 3.59. The van der Waals surface area contributed by atoms with E-state index >= 15 is 0 Å². The van der Waals surface area contributed by atoms with Gasteiger partial charge in [0.25, 0.3) is 0 Å². The zero-order chi connectivity index (χ0) is 14.3. The molecule has 0 bridgehead atoms. The van der Waals surface area contributed by atoms with E-state index < -0.39 is 23.8 Å². The Kier molecular flexibility index (Phi) is 6.82. The minimum atomic E-state index is -1.93. The van der Waals surface area contributed by atoms with Gasteiger partial charge in [0, 0.05) is 0 Å². The van der Waals surface area contributed by atoms with Crippen LogP contribution in [0.1, 0.15) is 6.92 Å². The number of thiocarbonyl (C=S) groups is 1. The zero-order valence-electron chi connectivity index (χ0n) is 10.1. The van der Waals surface area contributed by atoms with Crippen molar-refractivity contribution in [1.82, 2.24) is 10.2 Å². The van der Waals surface area contributed by atoms with E-state index in [9.17, 15) is 9.59 Å². The number of carbonyl (C=O) groups is 2. The third-order valence-corrected chi connectivity index (χ3v) is 2.03. The first-order valence-electron chi connectivity index (χ1n) is 4.91. The first-order chi connectivity index (χ1) is 8.22. The Balaban J connectivity index is 4.71. The summed E-state index contributed by atoms with van der Waals surface area (Å²) in [5, 5.41) is -0.00458. The Morgan fingerprint density at radius 1 is 1.39 bits per heavy atom. The number of rotatable bonds is 4. The first-order valence-corrected chi connectivity index (χ1v) is 5.32. The monoisotopic (exact) mass is 264 g/mol. The van der Waals surface area contributed by atoms with Crippen molar-refractivity contribution < 1.29 is 19.1 Å². The molecule has 0 aliphatic heterocycles. The highest BCUT2D eigenvalue weighted by Crippen LogP contribution is 2.04. The van der Waals surface area contributed by atoms with E-state index in [2.05, 4.69) is 14.8 Å². The molecule has 0 unspecified atom stereocenters. The van der Waals surface area contributed by atoms with Crippen LogP contribution in [0.2, 0.25) is 0 Å². The molecule has 92 valence electrons. The van der Waals surface area contributed by atoms with Gasteiger partial charge < -0.3 is 14.4 Å². The Hall–Kier alpha value is -1.18. The molecule has 0 aromatic rings. The van der Waals surface area contributed by atoms with Crippen molar-refractivity contribution in [2.45, 2.75) is 12.2 Å². The summed E-state index contributed by atoms with van der Waals surface area (Å²) in [6.45, 7) is 1.36. The second kappa shape index (κ2) is 7.30. The molecule has 0 aromatic carbocycles. The SMILES string of the molecule is [B]C([B])([B])N(CC(=O)OC)C(=S)NC(=O)OCC. The van der Waals surface area contributed by atoms with Gasteiger partial charge in [-0.05, 0) is 19.1 Å². The largest absolute Gasteiger partial charge is 0.468 e. The van der Waals surface area contributed by atoms with Crippen LogP contribution in [0.15, 0.2) is 0 Å². The number of carbonyl (C=O) groups excluding carboxylic acids is 2. The average molecular weight is 264 g/mol. The van der Waals surface area contributed by atoms with E-state index in [0.29, 0.717) is 0 Å². The number of nitrogens with zero attached hydrogens (tertiary/aromatic N) is 1. The number of hydrogen-bond donors (Lipinski definition) is 1. The predicted octanol–water partition coefficient (Wildman–Crippen LogP) is -1.39. The number of esters is 1. The maximum absolute atomic E-state index is 11.2. The molecule has 6 nitrogen and oxygen atoms in total. The summed E-state index contributed by atoms with van der Waals surface area (Å²) in [6, 6.07) is 0. The normalized spacial score (nSPS) is 10.3. The molecule has 10 heteroatoms. The van der Waals surface area contributed by atoms with Gasteiger partial charge in [0.1, 0.15) is 6.54 Å². The van der Waals surface area contributed by atoms with Crippen LogP contribution in [0.5, 0.6) is 0 Å². The lowest BCUT2D eigenvalue weighted by Crippen LogP contribution is -2.59. The number of hydrogen-bond acceptors (Lipinski definition) is 5. The van der Waals surface area contributed by atoms with Crippen LogP contribution >= 0.6 is 12.2 Å². The molecule has 0 aliphatic rings. The van der Waals surface area contributed by atoms with Crippen LogP contribution in [-0.4, -0.2) is 71.1 Å². The van der Waals surface area contributed by atoms with Crippen molar-refractivity contribution in [3.8, 4) is 0 Å². The molecule has 0 saturated heterocycles. The van der Waals surface area contributed by atoms with Gasteiger partial charge in [-0.1, -0.05) is 5.24 Å². The molecular weight excluding hydrogens is 253 g/mol. The van der Waals surface area contributed by atoms with Crippen LogP contribution in [0, 0.1) is 0 Å². The zero-order valence-corrected chi connectivity index (χ0v) is 11.0. The number of alkyl carbamates (subject to hydrolysis) is 1. The molecule has 0 rings (SSSR count). The van der Waals surface area contributed by atoms with Crippen LogP contribution in [0.4, 0.5) is 4.79 Å². The van der Waals surface area contributed by atoms with Gasteiger partial charge in [-0.3, -0.25) is 10.1 Å². The van der Waals surface area contributed by atoms with Crippen molar-refractivity contribution in [1.29, 1.82) is 0 Å². The summed E-state index contributed by atoms with van der Waals surface area (Å²) in [4.78, 5) is 23.2. The third-order valence-electron chi connectivity index (χ3n) is 1.71. The van der Waals surface area contributed by atoms with Crippen molar-refractivity contribution in [3.63, 3.8) is 0 Å². The quantitative estimate of drug-likeness (QED) is 0.383. The molecule has 0 aliphatic carbocycles. The predicted molar refractivity (Wildman–Crippen MR) is 71.5 cm³/mol. The van der Waals surface area contributed by atoms with E-state index in [1.54, 1.807) is 6.92 Å². The van der Waals surface area contributed by atoms with Gasteiger partial charge in [0.05, 0.1) is 37.3 Å². The summed E-state index contributed by atoms with van der Waals surface area (Å²) in [6.07, 6.45) is -0.804. The first kappa shape index (κ1) is 16.8. The maximum Gasteiger partial charge on any atom is 0.413 e. The molecule has 1 amide bonds. The molecule has 0 aromatic heterocycles. The minimum absolute atomic E-state index is 0.157. The molecule has 1 N–H and O–H groups in total. The highest BCUT2D eigenvalue weighted by Gasteiger charge is 2.26. The number of nitrogens with one attached hydrogen (secondary N) is 1. The van der Waals surface area contributed by atoms with Gasteiger partial charge >= 0.3 is 12.1 Å². The van der Waals surface area contributed by atoms with Crippen molar-refractivity contribution >= 4 is 52.9 Å². The fourth-order valence-electron chi connectivity index (χ4n) is 0.900. The summed E-state index contributed by atoms with van der Waals surface area (Å²) in [5.74, 6) is -0.672.